The van der Waals surface area contributed by atoms with Gasteiger partial charge in [-0.3, -0.25) is 14.9 Å². The molecule has 3 rings (SSSR count). The minimum Gasteiger partial charge on any atom is -0.469 e. The lowest BCUT2D eigenvalue weighted by Crippen LogP contribution is -2.17. The molecule has 0 saturated carbocycles. The number of benzene rings is 1. The fourth-order valence-electron chi connectivity index (χ4n) is 2.35. The van der Waals surface area contributed by atoms with E-state index in [2.05, 4.69) is 15.5 Å². The number of anilines is 1. The lowest BCUT2D eigenvalue weighted by atomic mass is 10.2. The van der Waals surface area contributed by atoms with Gasteiger partial charge in [0, 0.05) is 12.1 Å². The van der Waals surface area contributed by atoms with Crippen LogP contribution in [0.4, 0.5) is 11.4 Å². The Bertz CT molecular complexity index is 1010. The largest absolute Gasteiger partial charge is 0.469 e. The third-order valence-corrected chi connectivity index (χ3v) is 4.75. The molecular formula is C16H16N6O4S. The summed E-state index contributed by atoms with van der Waals surface area (Å²) < 4.78 is 6.52. The van der Waals surface area contributed by atoms with E-state index in [0.29, 0.717) is 28.0 Å². The van der Waals surface area contributed by atoms with E-state index in [-0.39, 0.29) is 17.3 Å². The molecule has 10 nitrogen and oxygen atoms in total. The van der Waals surface area contributed by atoms with Crippen LogP contribution in [0.25, 0.3) is 11.4 Å². The highest BCUT2D eigenvalue weighted by atomic mass is 32.2. The highest BCUT2D eigenvalue weighted by molar-refractivity contribution is 7.99. The molecule has 2 aromatic heterocycles. The molecule has 0 aliphatic carbocycles. The first kappa shape index (κ1) is 18.5. The Morgan fingerprint density at radius 1 is 1.37 bits per heavy atom. The number of nitrogens with one attached hydrogen (secondary N) is 1. The molecule has 2 heterocycles. The first-order valence-electron chi connectivity index (χ1n) is 7.79. The topological polar surface area (TPSA) is 142 Å². The van der Waals surface area contributed by atoms with Crippen molar-refractivity contribution >= 4 is 29.0 Å². The number of nitrogens with two attached hydrogens (primary N) is 1. The van der Waals surface area contributed by atoms with Gasteiger partial charge in [-0.15, -0.1) is 10.2 Å². The number of nitro groups is 1. The number of rotatable bonds is 6. The van der Waals surface area contributed by atoms with E-state index >= 15 is 0 Å². The third kappa shape index (κ3) is 3.92. The number of carbonyl (C=O) groups excluding carboxylic acids is 1. The summed E-state index contributed by atoms with van der Waals surface area (Å²) in [5.74, 6) is 6.76. The molecule has 1 amide bonds. The smallest absolute Gasteiger partial charge is 0.271 e. The van der Waals surface area contributed by atoms with Crippen molar-refractivity contribution in [3.05, 3.63) is 52.0 Å². The Morgan fingerprint density at radius 2 is 2.15 bits per heavy atom. The molecule has 0 aliphatic heterocycles. The van der Waals surface area contributed by atoms with Gasteiger partial charge in [0.2, 0.25) is 11.1 Å². The zero-order valence-corrected chi connectivity index (χ0v) is 15.3. The van der Waals surface area contributed by atoms with Gasteiger partial charge in [-0.05, 0) is 25.5 Å². The third-order valence-electron chi connectivity index (χ3n) is 3.80. The van der Waals surface area contributed by atoms with E-state index in [9.17, 15) is 14.9 Å². The fraction of sp³-hybridized carbons (Fsp3) is 0.188. The predicted molar refractivity (Wildman–Crippen MR) is 99.8 cm³/mol. The highest BCUT2D eigenvalue weighted by Crippen LogP contribution is 2.26. The van der Waals surface area contributed by atoms with Gasteiger partial charge >= 0.3 is 0 Å². The molecule has 140 valence electrons. The van der Waals surface area contributed by atoms with Crippen LogP contribution in [0.5, 0.6) is 0 Å². The second-order valence-corrected chi connectivity index (χ2v) is 6.60. The Labute approximate surface area is 157 Å². The zero-order valence-electron chi connectivity index (χ0n) is 14.5. The van der Waals surface area contributed by atoms with E-state index in [0.717, 1.165) is 17.3 Å². The number of hydrogen-bond donors (Lipinski definition) is 2. The zero-order chi connectivity index (χ0) is 19.6. The molecule has 0 fully saturated rings. The van der Waals surface area contributed by atoms with Crippen LogP contribution in [0.15, 0.2) is 40.1 Å². The summed E-state index contributed by atoms with van der Waals surface area (Å²) in [6, 6.07) is 6.02. The number of nitrogen functional groups attached to an aromatic ring is 1. The monoisotopic (exact) mass is 388 g/mol. The van der Waals surface area contributed by atoms with Crippen molar-refractivity contribution in [2.45, 2.75) is 19.0 Å². The van der Waals surface area contributed by atoms with Gasteiger partial charge in [-0.1, -0.05) is 17.8 Å². The average molecular weight is 388 g/mol. The van der Waals surface area contributed by atoms with E-state index in [1.54, 1.807) is 26.0 Å². The van der Waals surface area contributed by atoms with Gasteiger partial charge in [0.05, 0.1) is 28.2 Å². The summed E-state index contributed by atoms with van der Waals surface area (Å²) >= 11 is 1.10. The van der Waals surface area contributed by atoms with Gasteiger partial charge < -0.3 is 15.6 Å². The van der Waals surface area contributed by atoms with Gasteiger partial charge in [0.15, 0.2) is 5.82 Å². The molecule has 0 saturated heterocycles. The number of nitrogens with zero attached hydrogens (tertiary/aromatic N) is 4. The number of aromatic nitrogens is 3. The summed E-state index contributed by atoms with van der Waals surface area (Å²) in [6.07, 6.45) is 1.53. The molecule has 0 aliphatic rings. The molecular weight excluding hydrogens is 372 g/mol. The SMILES string of the molecule is Cc1ccc([N+](=O)[O-])cc1NC(=O)CSc1nnc(-c2ccoc2C)n1N. The molecule has 0 spiro atoms. The van der Waals surface area contributed by atoms with Crippen LogP contribution in [-0.4, -0.2) is 31.5 Å². The average Bonchev–Trinajstić information content (AvgIpc) is 3.20. The van der Waals surface area contributed by atoms with Crippen LogP contribution in [-0.2, 0) is 4.79 Å². The minimum atomic E-state index is -0.514. The number of thioether (sulfide) groups is 1. The molecule has 0 atom stereocenters. The molecule has 0 bridgehead atoms. The normalized spacial score (nSPS) is 10.7. The molecule has 27 heavy (non-hydrogen) atoms. The van der Waals surface area contributed by atoms with Crippen LogP contribution in [0.3, 0.4) is 0 Å². The first-order chi connectivity index (χ1) is 12.9. The van der Waals surface area contributed by atoms with Crippen molar-refractivity contribution in [3.8, 4) is 11.4 Å². The van der Waals surface area contributed by atoms with Crippen molar-refractivity contribution in [3.63, 3.8) is 0 Å². The Kier molecular flexibility index (Phi) is 5.12. The van der Waals surface area contributed by atoms with Gasteiger partial charge in [-0.2, -0.15) is 0 Å². The summed E-state index contributed by atoms with van der Waals surface area (Å²) in [7, 11) is 0. The van der Waals surface area contributed by atoms with Crippen molar-refractivity contribution in [1.82, 2.24) is 14.9 Å². The van der Waals surface area contributed by atoms with Crippen LogP contribution in [0, 0.1) is 24.0 Å². The molecule has 11 heteroatoms. The standard InChI is InChI=1S/C16H16N6O4S/c1-9-3-4-11(22(24)25)7-13(9)18-14(23)8-27-16-20-19-15(21(16)17)12-5-6-26-10(12)2/h3-7H,8,17H2,1-2H3,(H,18,23). The maximum atomic E-state index is 12.2. The van der Waals surface area contributed by atoms with Gasteiger partial charge in [0.25, 0.3) is 5.69 Å². The molecule has 3 aromatic rings. The number of amides is 1. The number of aryl methyl sites for hydroxylation is 2. The van der Waals surface area contributed by atoms with Crippen molar-refractivity contribution in [2.75, 3.05) is 16.9 Å². The minimum absolute atomic E-state index is 0.0157. The van der Waals surface area contributed by atoms with Crippen LogP contribution in [0.2, 0.25) is 0 Å². The fourth-order valence-corrected chi connectivity index (χ4v) is 3.01. The second kappa shape index (κ2) is 7.50. The van der Waals surface area contributed by atoms with E-state index in [1.165, 1.54) is 23.1 Å². The Hall–Kier alpha value is -3.34. The predicted octanol–water partition coefficient (Wildman–Crippen LogP) is 2.51. The Balaban J connectivity index is 1.67. The van der Waals surface area contributed by atoms with Crippen molar-refractivity contribution in [1.29, 1.82) is 0 Å². The van der Waals surface area contributed by atoms with E-state index in [4.69, 9.17) is 10.3 Å². The van der Waals surface area contributed by atoms with Crippen molar-refractivity contribution in [2.24, 2.45) is 0 Å². The maximum absolute atomic E-state index is 12.2. The summed E-state index contributed by atoms with van der Waals surface area (Å²) in [4.78, 5) is 22.6. The van der Waals surface area contributed by atoms with Gasteiger partial charge in [0.1, 0.15) is 5.76 Å². The van der Waals surface area contributed by atoms with Crippen molar-refractivity contribution < 1.29 is 14.1 Å². The molecule has 1 aromatic carbocycles. The Morgan fingerprint density at radius 3 is 2.81 bits per heavy atom. The lowest BCUT2D eigenvalue weighted by molar-refractivity contribution is -0.384. The van der Waals surface area contributed by atoms with Gasteiger partial charge in [-0.25, -0.2) is 4.68 Å². The molecule has 3 N–H and O–H groups in total. The molecule has 0 unspecified atom stereocenters. The number of hydrogen-bond acceptors (Lipinski definition) is 8. The maximum Gasteiger partial charge on any atom is 0.271 e. The first-order valence-corrected chi connectivity index (χ1v) is 8.78. The summed E-state index contributed by atoms with van der Waals surface area (Å²) in [6.45, 7) is 3.54. The quantitative estimate of drug-likeness (QED) is 0.284. The van der Waals surface area contributed by atoms with Crippen LogP contribution < -0.4 is 11.2 Å². The second-order valence-electron chi connectivity index (χ2n) is 5.66. The number of furan rings is 1. The van der Waals surface area contributed by atoms with Crippen LogP contribution >= 0.6 is 11.8 Å². The van der Waals surface area contributed by atoms with Crippen LogP contribution in [0.1, 0.15) is 11.3 Å². The lowest BCUT2D eigenvalue weighted by Gasteiger charge is -2.08. The number of non-ortho nitro benzene ring substituents is 1. The van der Waals surface area contributed by atoms with E-state index in [1.807, 2.05) is 0 Å². The van der Waals surface area contributed by atoms with E-state index < -0.39 is 4.92 Å². The highest BCUT2D eigenvalue weighted by Gasteiger charge is 2.17. The number of carbonyl (C=O) groups is 1. The summed E-state index contributed by atoms with van der Waals surface area (Å²) in [5, 5.41) is 21.9. The molecule has 0 radical (unpaired) electrons. The summed E-state index contributed by atoms with van der Waals surface area (Å²) in [5.41, 5.74) is 1.73. The number of nitro benzene ring substituents is 1.